The Morgan fingerprint density at radius 1 is 1.48 bits per heavy atom. The fourth-order valence-corrected chi connectivity index (χ4v) is 1.83. The molecule has 0 aliphatic carbocycles. The first-order valence-electron chi connectivity index (χ1n) is 6.15. The third-order valence-electron chi connectivity index (χ3n) is 3.03. The molecule has 0 fully saturated rings. The zero-order chi connectivity index (χ0) is 15.5. The van der Waals surface area contributed by atoms with Crippen LogP contribution >= 0.6 is 0 Å². The Morgan fingerprint density at radius 2 is 2.14 bits per heavy atom. The highest BCUT2D eigenvalue weighted by Gasteiger charge is 2.27. The number of H-pyrrole nitrogens is 1. The summed E-state index contributed by atoms with van der Waals surface area (Å²) < 4.78 is 0. The van der Waals surface area contributed by atoms with Crippen molar-refractivity contribution in [3.63, 3.8) is 0 Å². The van der Waals surface area contributed by atoms with Crippen LogP contribution in [0.15, 0.2) is 36.5 Å². The fourth-order valence-electron chi connectivity index (χ4n) is 1.83. The Labute approximate surface area is 120 Å². The Balaban J connectivity index is 2.07. The number of aromatic nitrogens is 2. The number of carbonyl (C=O) groups excluding carboxylic acids is 1. The molecule has 1 unspecified atom stereocenters. The van der Waals surface area contributed by atoms with Crippen LogP contribution in [-0.4, -0.2) is 32.7 Å². The lowest BCUT2D eigenvalue weighted by molar-refractivity contribution is -0.385. The van der Waals surface area contributed by atoms with Gasteiger partial charge in [-0.1, -0.05) is 30.3 Å². The summed E-state index contributed by atoms with van der Waals surface area (Å²) in [5.74, 6) is -0.699. The fraction of sp³-hybridized carbons (Fsp3) is 0.231. The summed E-state index contributed by atoms with van der Waals surface area (Å²) in [5.41, 5.74) is -1.31. The van der Waals surface area contributed by atoms with Crippen LogP contribution in [0, 0.1) is 10.1 Å². The molecular formula is C13H14N4O4. The number of nitrogens with one attached hydrogen (secondary N) is 2. The van der Waals surface area contributed by atoms with Crippen LogP contribution in [0.1, 0.15) is 23.0 Å². The zero-order valence-electron chi connectivity index (χ0n) is 11.2. The summed E-state index contributed by atoms with van der Waals surface area (Å²) >= 11 is 0. The average molecular weight is 290 g/mol. The number of rotatable bonds is 5. The van der Waals surface area contributed by atoms with E-state index >= 15 is 0 Å². The van der Waals surface area contributed by atoms with E-state index in [-0.39, 0.29) is 12.2 Å². The van der Waals surface area contributed by atoms with Gasteiger partial charge in [-0.2, -0.15) is 5.10 Å². The van der Waals surface area contributed by atoms with Gasteiger partial charge in [0.2, 0.25) is 5.69 Å². The molecule has 1 heterocycles. The normalized spacial score (nSPS) is 13.4. The highest BCUT2D eigenvalue weighted by molar-refractivity contribution is 5.96. The third kappa shape index (κ3) is 3.23. The molecular weight excluding hydrogens is 276 g/mol. The highest BCUT2D eigenvalue weighted by atomic mass is 16.6. The Kier molecular flexibility index (Phi) is 3.99. The maximum atomic E-state index is 11.9. The molecule has 0 radical (unpaired) electrons. The van der Waals surface area contributed by atoms with Crippen molar-refractivity contribution in [1.82, 2.24) is 15.5 Å². The minimum Gasteiger partial charge on any atom is -0.384 e. The molecule has 1 amide bonds. The number of hydrogen-bond donors (Lipinski definition) is 3. The number of benzene rings is 1. The van der Waals surface area contributed by atoms with Crippen LogP contribution in [0.5, 0.6) is 0 Å². The number of aliphatic hydroxyl groups is 1. The highest BCUT2D eigenvalue weighted by Crippen LogP contribution is 2.20. The second-order valence-electron chi connectivity index (χ2n) is 4.71. The van der Waals surface area contributed by atoms with E-state index in [9.17, 15) is 20.0 Å². The van der Waals surface area contributed by atoms with Crippen molar-refractivity contribution < 1.29 is 14.8 Å². The first-order valence-corrected chi connectivity index (χ1v) is 6.15. The smallest absolute Gasteiger partial charge is 0.319 e. The summed E-state index contributed by atoms with van der Waals surface area (Å²) in [6, 6.07) is 8.80. The molecule has 1 aromatic carbocycles. The van der Waals surface area contributed by atoms with E-state index in [1.54, 1.807) is 31.2 Å². The number of hydrogen-bond acceptors (Lipinski definition) is 5. The van der Waals surface area contributed by atoms with Gasteiger partial charge < -0.3 is 10.4 Å². The van der Waals surface area contributed by atoms with E-state index < -0.39 is 22.1 Å². The molecule has 0 saturated heterocycles. The summed E-state index contributed by atoms with van der Waals surface area (Å²) in [6.45, 7) is 1.45. The molecule has 0 aliphatic heterocycles. The molecule has 8 heteroatoms. The van der Waals surface area contributed by atoms with E-state index in [0.717, 1.165) is 6.20 Å². The number of nitrogens with zero attached hydrogens (tertiary/aromatic N) is 2. The molecule has 0 saturated carbocycles. The predicted octanol–water partition coefficient (Wildman–Crippen LogP) is 0.955. The maximum absolute atomic E-state index is 11.9. The van der Waals surface area contributed by atoms with Crippen molar-refractivity contribution in [3.8, 4) is 0 Å². The van der Waals surface area contributed by atoms with Crippen molar-refractivity contribution in [2.24, 2.45) is 0 Å². The second kappa shape index (κ2) is 5.71. The quantitative estimate of drug-likeness (QED) is 0.559. The lowest BCUT2D eigenvalue weighted by atomic mass is 9.96. The van der Waals surface area contributed by atoms with Crippen molar-refractivity contribution in [1.29, 1.82) is 0 Å². The monoisotopic (exact) mass is 290 g/mol. The summed E-state index contributed by atoms with van der Waals surface area (Å²) in [6.07, 6.45) is 0.963. The van der Waals surface area contributed by atoms with Crippen LogP contribution in [0.3, 0.4) is 0 Å². The largest absolute Gasteiger partial charge is 0.384 e. The standard InChI is InChI=1S/C13H14N4O4/c1-13(19,9-5-3-2-4-6-9)8-14-12(18)11-10(17(20)21)7-15-16-11/h2-7,19H,8H2,1H3,(H,14,18)(H,15,16). The number of aromatic amines is 1. The number of nitro groups is 1. The molecule has 8 nitrogen and oxygen atoms in total. The van der Waals surface area contributed by atoms with Crippen LogP contribution in [0.2, 0.25) is 0 Å². The first kappa shape index (κ1) is 14.7. The van der Waals surface area contributed by atoms with Crippen LogP contribution in [0.4, 0.5) is 5.69 Å². The summed E-state index contributed by atoms with van der Waals surface area (Å²) in [7, 11) is 0. The van der Waals surface area contributed by atoms with Gasteiger partial charge in [-0.25, -0.2) is 0 Å². The van der Waals surface area contributed by atoms with E-state index in [1.165, 1.54) is 0 Å². The molecule has 2 aromatic rings. The van der Waals surface area contributed by atoms with Crippen molar-refractivity contribution in [2.45, 2.75) is 12.5 Å². The zero-order valence-corrected chi connectivity index (χ0v) is 11.2. The summed E-state index contributed by atoms with van der Waals surface area (Å²) in [4.78, 5) is 21.9. The van der Waals surface area contributed by atoms with E-state index in [0.29, 0.717) is 5.56 Å². The minimum absolute atomic E-state index is 0.0912. The van der Waals surface area contributed by atoms with Crippen LogP contribution in [-0.2, 0) is 5.60 Å². The van der Waals surface area contributed by atoms with Crippen LogP contribution in [0.25, 0.3) is 0 Å². The van der Waals surface area contributed by atoms with Crippen molar-refractivity contribution >= 4 is 11.6 Å². The van der Waals surface area contributed by atoms with Crippen molar-refractivity contribution in [3.05, 3.63) is 57.9 Å². The van der Waals surface area contributed by atoms with Gasteiger partial charge in [0.25, 0.3) is 5.91 Å². The van der Waals surface area contributed by atoms with Crippen LogP contribution < -0.4 is 5.32 Å². The molecule has 1 aromatic heterocycles. The molecule has 2 rings (SSSR count). The molecule has 1 atom stereocenters. The Hall–Kier alpha value is -2.74. The van der Waals surface area contributed by atoms with Crippen molar-refractivity contribution in [2.75, 3.05) is 6.54 Å². The third-order valence-corrected chi connectivity index (χ3v) is 3.03. The molecule has 110 valence electrons. The second-order valence-corrected chi connectivity index (χ2v) is 4.71. The van der Waals surface area contributed by atoms with Gasteiger partial charge in [-0.15, -0.1) is 0 Å². The average Bonchev–Trinajstić information content (AvgIpc) is 2.95. The van der Waals surface area contributed by atoms with E-state index in [1.807, 2.05) is 6.07 Å². The van der Waals surface area contributed by atoms with Gasteiger partial charge in [-0.3, -0.25) is 20.0 Å². The Bertz CT molecular complexity index is 651. The molecule has 21 heavy (non-hydrogen) atoms. The number of amides is 1. The van der Waals surface area contributed by atoms with Gasteiger partial charge in [0.15, 0.2) is 0 Å². The van der Waals surface area contributed by atoms with Gasteiger partial charge >= 0.3 is 5.69 Å². The molecule has 3 N–H and O–H groups in total. The topological polar surface area (TPSA) is 121 Å². The number of carbonyl (C=O) groups is 1. The lowest BCUT2D eigenvalue weighted by Crippen LogP contribution is -2.38. The maximum Gasteiger partial charge on any atom is 0.319 e. The minimum atomic E-state index is -1.29. The molecule has 0 aliphatic rings. The molecule has 0 spiro atoms. The van der Waals surface area contributed by atoms with Gasteiger partial charge in [-0.05, 0) is 12.5 Å². The summed E-state index contributed by atoms with van der Waals surface area (Å²) in [5, 5.41) is 29.3. The SMILES string of the molecule is CC(O)(CNC(=O)c1[nH]ncc1[N+](=O)[O-])c1ccccc1. The molecule has 0 bridgehead atoms. The van der Waals surface area contributed by atoms with Gasteiger partial charge in [0.05, 0.1) is 11.5 Å². The van der Waals surface area contributed by atoms with E-state index in [2.05, 4.69) is 15.5 Å². The van der Waals surface area contributed by atoms with E-state index in [4.69, 9.17) is 0 Å². The lowest BCUT2D eigenvalue weighted by Gasteiger charge is -2.23. The predicted molar refractivity (Wildman–Crippen MR) is 73.6 cm³/mol. The van der Waals surface area contributed by atoms with Gasteiger partial charge in [0.1, 0.15) is 11.8 Å². The first-order chi connectivity index (χ1) is 9.92. The Morgan fingerprint density at radius 3 is 2.76 bits per heavy atom. The van der Waals surface area contributed by atoms with Gasteiger partial charge in [0, 0.05) is 0 Å².